The monoisotopic (exact) mass is 269 g/mol. The van der Waals surface area contributed by atoms with E-state index in [1.54, 1.807) is 0 Å². The molecule has 0 aliphatic heterocycles. The number of hydrogen-bond acceptors (Lipinski definition) is 3. The highest BCUT2D eigenvalue weighted by Crippen LogP contribution is 2.24. The normalized spacial score (nSPS) is 11.3. The molecule has 0 unspecified atom stereocenters. The lowest BCUT2D eigenvalue weighted by molar-refractivity contribution is 0.519. The number of aryl methyl sites for hydroxylation is 1. The minimum atomic E-state index is -0.00159. The van der Waals surface area contributed by atoms with Gasteiger partial charge in [-0.05, 0) is 50.5 Å². The first kappa shape index (κ1) is 14.3. The number of anilines is 3. The highest BCUT2D eigenvalue weighted by atomic mass is 15.0. The molecule has 0 spiro atoms. The number of hydrogen-bond donors (Lipinski definition) is 3. The maximum absolute atomic E-state index is 5.84. The van der Waals surface area contributed by atoms with Crippen LogP contribution in [0.15, 0.2) is 48.5 Å². The molecule has 2 aromatic rings. The smallest absolute Gasteiger partial charge is 0.0568 e. The first-order chi connectivity index (χ1) is 9.46. The van der Waals surface area contributed by atoms with E-state index in [1.165, 1.54) is 5.56 Å². The Morgan fingerprint density at radius 3 is 2.30 bits per heavy atom. The molecule has 0 aliphatic rings. The molecule has 0 atom stereocenters. The van der Waals surface area contributed by atoms with Crippen molar-refractivity contribution in [2.75, 3.05) is 16.8 Å². The summed E-state index contributed by atoms with van der Waals surface area (Å²) in [5.41, 5.74) is 15.2. The Labute approximate surface area is 121 Å². The van der Waals surface area contributed by atoms with Gasteiger partial charge < -0.3 is 16.8 Å². The summed E-state index contributed by atoms with van der Waals surface area (Å²) in [6, 6.07) is 16.2. The van der Waals surface area contributed by atoms with Crippen LogP contribution in [0.2, 0.25) is 0 Å². The molecule has 3 nitrogen and oxygen atoms in total. The van der Waals surface area contributed by atoms with Crippen LogP contribution in [0.25, 0.3) is 0 Å². The van der Waals surface area contributed by atoms with Gasteiger partial charge in [-0.1, -0.05) is 30.3 Å². The van der Waals surface area contributed by atoms with Crippen molar-refractivity contribution < 1.29 is 0 Å². The third-order valence-electron chi connectivity index (χ3n) is 3.45. The van der Waals surface area contributed by atoms with Crippen molar-refractivity contribution >= 4 is 17.1 Å². The molecule has 0 saturated carbocycles. The Morgan fingerprint density at radius 1 is 0.950 bits per heavy atom. The van der Waals surface area contributed by atoms with Crippen molar-refractivity contribution in [1.82, 2.24) is 0 Å². The van der Waals surface area contributed by atoms with Crippen LogP contribution in [0.1, 0.15) is 25.8 Å². The van der Waals surface area contributed by atoms with E-state index in [1.807, 2.05) is 24.3 Å². The fourth-order valence-corrected chi connectivity index (χ4v) is 2.21. The number of rotatable bonds is 5. The zero-order valence-electron chi connectivity index (χ0n) is 12.2. The van der Waals surface area contributed by atoms with Crippen molar-refractivity contribution in [3.8, 4) is 0 Å². The average molecular weight is 269 g/mol. The lowest BCUT2D eigenvalue weighted by Crippen LogP contribution is -2.31. The standard InChI is InChI=1S/C17H23N3/c1-17(2,11-10-13-6-4-3-5-7-13)20-14-8-9-15(18)16(19)12-14/h3-9,12,20H,10-11,18-19H2,1-2H3. The molecule has 2 rings (SSSR count). The van der Waals surface area contributed by atoms with E-state index in [0.29, 0.717) is 11.4 Å². The van der Waals surface area contributed by atoms with E-state index >= 15 is 0 Å². The Bertz CT molecular complexity index is 562. The van der Waals surface area contributed by atoms with E-state index in [0.717, 1.165) is 18.5 Å². The maximum atomic E-state index is 5.84. The fraction of sp³-hybridized carbons (Fsp3) is 0.294. The molecule has 0 aromatic heterocycles. The largest absolute Gasteiger partial charge is 0.397 e. The van der Waals surface area contributed by atoms with Gasteiger partial charge in [0.05, 0.1) is 11.4 Å². The topological polar surface area (TPSA) is 64.1 Å². The summed E-state index contributed by atoms with van der Waals surface area (Å²) in [5, 5.41) is 3.52. The third kappa shape index (κ3) is 3.92. The summed E-state index contributed by atoms with van der Waals surface area (Å²) in [5.74, 6) is 0. The van der Waals surface area contributed by atoms with Crippen molar-refractivity contribution in [2.24, 2.45) is 0 Å². The molecule has 0 radical (unpaired) electrons. The number of benzene rings is 2. The summed E-state index contributed by atoms with van der Waals surface area (Å²) in [6.45, 7) is 4.39. The van der Waals surface area contributed by atoms with E-state index < -0.39 is 0 Å². The summed E-state index contributed by atoms with van der Waals surface area (Å²) in [7, 11) is 0. The van der Waals surface area contributed by atoms with Gasteiger partial charge in [0, 0.05) is 11.2 Å². The molecular weight excluding hydrogens is 246 g/mol. The fourth-order valence-electron chi connectivity index (χ4n) is 2.21. The van der Waals surface area contributed by atoms with Crippen LogP contribution >= 0.6 is 0 Å². The Kier molecular flexibility index (Phi) is 4.18. The molecule has 20 heavy (non-hydrogen) atoms. The number of nitrogen functional groups attached to an aromatic ring is 2. The second-order valence-corrected chi connectivity index (χ2v) is 5.84. The van der Waals surface area contributed by atoms with Gasteiger partial charge in [0.25, 0.3) is 0 Å². The van der Waals surface area contributed by atoms with Gasteiger partial charge in [-0.2, -0.15) is 0 Å². The van der Waals surface area contributed by atoms with Crippen LogP contribution < -0.4 is 16.8 Å². The molecule has 0 saturated heterocycles. The molecule has 0 bridgehead atoms. The third-order valence-corrected chi connectivity index (χ3v) is 3.45. The lowest BCUT2D eigenvalue weighted by Gasteiger charge is -2.28. The summed E-state index contributed by atoms with van der Waals surface area (Å²) in [4.78, 5) is 0. The Balaban J connectivity index is 1.98. The summed E-state index contributed by atoms with van der Waals surface area (Å²) < 4.78 is 0. The quantitative estimate of drug-likeness (QED) is 0.726. The lowest BCUT2D eigenvalue weighted by atomic mass is 9.95. The van der Waals surface area contributed by atoms with Crippen LogP contribution in [0, 0.1) is 0 Å². The van der Waals surface area contributed by atoms with E-state index in [4.69, 9.17) is 11.5 Å². The van der Waals surface area contributed by atoms with Crippen LogP contribution in [0.5, 0.6) is 0 Å². The molecule has 2 aromatic carbocycles. The van der Waals surface area contributed by atoms with Crippen molar-refractivity contribution in [2.45, 2.75) is 32.2 Å². The summed E-state index contributed by atoms with van der Waals surface area (Å²) in [6.07, 6.45) is 2.09. The minimum Gasteiger partial charge on any atom is -0.397 e. The first-order valence-electron chi connectivity index (χ1n) is 6.93. The molecule has 106 valence electrons. The van der Waals surface area contributed by atoms with E-state index in [9.17, 15) is 0 Å². The Morgan fingerprint density at radius 2 is 1.65 bits per heavy atom. The highest BCUT2D eigenvalue weighted by Gasteiger charge is 2.17. The van der Waals surface area contributed by atoms with Gasteiger partial charge in [-0.15, -0.1) is 0 Å². The molecule has 0 fully saturated rings. The predicted molar refractivity (Wildman–Crippen MR) is 87.7 cm³/mol. The average Bonchev–Trinajstić information content (AvgIpc) is 2.42. The second kappa shape index (κ2) is 5.87. The van der Waals surface area contributed by atoms with E-state index in [2.05, 4.69) is 43.4 Å². The molecule has 3 heteroatoms. The van der Waals surface area contributed by atoms with Gasteiger partial charge in [0.1, 0.15) is 0 Å². The predicted octanol–water partition coefficient (Wildman–Crippen LogP) is 3.67. The van der Waals surface area contributed by atoms with Gasteiger partial charge in [0.2, 0.25) is 0 Å². The zero-order valence-corrected chi connectivity index (χ0v) is 12.2. The van der Waals surface area contributed by atoms with Crippen LogP contribution in [-0.4, -0.2) is 5.54 Å². The van der Waals surface area contributed by atoms with Crippen LogP contribution in [0.4, 0.5) is 17.1 Å². The van der Waals surface area contributed by atoms with Crippen LogP contribution in [0.3, 0.4) is 0 Å². The maximum Gasteiger partial charge on any atom is 0.0568 e. The van der Waals surface area contributed by atoms with Gasteiger partial charge >= 0.3 is 0 Å². The molecule has 0 heterocycles. The molecule has 5 N–H and O–H groups in total. The Hall–Kier alpha value is -2.16. The molecule has 0 aliphatic carbocycles. The van der Waals surface area contributed by atoms with Crippen molar-refractivity contribution in [1.29, 1.82) is 0 Å². The zero-order chi connectivity index (χ0) is 14.6. The van der Waals surface area contributed by atoms with Gasteiger partial charge in [0.15, 0.2) is 0 Å². The van der Waals surface area contributed by atoms with Crippen molar-refractivity contribution in [3.05, 3.63) is 54.1 Å². The number of nitrogens with two attached hydrogens (primary N) is 2. The summed E-state index contributed by atoms with van der Waals surface area (Å²) >= 11 is 0. The number of nitrogens with one attached hydrogen (secondary N) is 1. The van der Waals surface area contributed by atoms with Crippen molar-refractivity contribution in [3.63, 3.8) is 0 Å². The van der Waals surface area contributed by atoms with Crippen LogP contribution in [-0.2, 0) is 6.42 Å². The minimum absolute atomic E-state index is 0.00159. The van der Waals surface area contributed by atoms with Gasteiger partial charge in [-0.25, -0.2) is 0 Å². The molecule has 0 amide bonds. The van der Waals surface area contributed by atoms with Gasteiger partial charge in [-0.3, -0.25) is 0 Å². The first-order valence-corrected chi connectivity index (χ1v) is 6.93. The molecular formula is C17H23N3. The van der Waals surface area contributed by atoms with E-state index in [-0.39, 0.29) is 5.54 Å². The SMILES string of the molecule is CC(C)(CCc1ccccc1)Nc1ccc(N)c(N)c1. The second-order valence-electron chi connectivity index (χ2n) is 5.84. The highest BCUT2D eigenvalue weighted by molar-refractivity contribution is 5.69.